The van der Waals surface area contributed by atoms with Crippen LogP contribution in [0.4, 0.5) is 0 Å². The SMILES string of the molecule is CP1(=O)CCCC1[PH](=O)O. The van der Waals surface area contributed by atoms with Crippen LogP contribution < -0.4 is 0 Å². The Bertz CT molecular complexity index is 201. The van der Waals surface area contributed by atoms with Crippen LogP contribution in [0.25, 0.3) is 0 Å². The Hall–Kier alpha value is 0.420. The van der Waals surface area contributed by atoms with Gasteiger partial charge in [-0.3, -0.25) is 4.57 Å². The third kappa shape index (κ3) is 1.53. The molecule has 1 saturated heterocycles. The Labute approximate surface area is 61.1 Å². The van der Waals surface area contributed by atoms with Crippen LogP contribution in [0, 0.1) is 0 Å². The molecular weight excluding hydrogens is 170 g/mol. The maximum Gasteiger partial charge on any atom is 0.199 e. The summed E-state index contributed by atoms with van der Waals surface area (Å²) < 4.78 is 22.1. The van der Waals surface area contributed by atoms with E-state index >= 15 is 0 Å². The minimum Gasteiger partial charge on any atom is -0.346 e. The van der Waals surface area contributed by atoms with Gasteiger partial charge in [0, 0.05) is 6.16 Å². The maximum absolute atomic E-state index is 11.5. The normalized spacial score (nSPS) is 43.6. The third-order valence-electron chi connectivity index (χ3n) is 2.02. The summed E-state index contributed by atoms with van der Waals surface area (Å²) in [7, 11) is -4.76. The van der Waals surface area contributed by atoms with E-state index < -0.39 is 15.2 Å². The second-order valence-electron chi connectivity index (χ2n) is 2.89. The molecule has 3 unspecified atom stereocenters. The minimum atomic E-state index is -2.53. The largest absolute Gasteiger partial charge is 0.346 e. The van der Waals surface area contributed by atoms with Crippen LogP contribution in [-0.2, 0) is 9.13 Å². The molecule has 10 heavy (non-hydrogen) atoms. The van der Waals surface area contributed by atoms with Gasteiger partial charge in [0.05, 0.1) is 12.5 Å². The van der Waals surface area contributed by atoms with Crippen LogP contribution in [0.5, 0.6) is 0 Å². The average Bonchev–Trinajstić information content (AvgIpc) is 2.08. The van der Waals surface area contributed by atoms with Crippen LogP contribution in [0.15, 0.2) is 0 Å². The fraction of sp³-hybridized carbons (Fsp3) is 1.00. The zero-order valence-corrected chi connectivity index (χ0v) is 7.80. The van der Waals surface area contributed by atoms with E-state index in [-0.39, 0.29) is 5.40 Å². The zero-order valence-electron chi connectivity index (χ0n) is 5.91. The maximum atomic E-state index is 11.5. The zero-order chi connectivity index (χ0) is 7.78. The van der Waals surface area contributed by atoms with E-state index in [2.05, 4.69) is 0 Å². The molecule has 0 aliphatic carbocycles. The van der Waals surface area contributed by atoms with E-state index in [0.29, 0.717) is 12.6 Å². The Kier molecular flexibility index (Phi) is 2.39. The molecule has 1 heterocycles. The van der Waals surface area contributed by atoms with Crippen LogP contribution >= 0.6 is 15.2 Å². The molecule has 0 aromatic rings. The first-order valence-corrected chi connectivity index (χ1v) is 7.17. The summed E-state index contributed by atoms with van der Waals surface area (Å²) in [6.45, 7) is 1.64. The molecular formula is C5H12O3P2. The molecule has 0 saturated carbocycles. The first kappa shape index (κ1) is 8.52. The van der Waals surface area contributed by atoms with Gasteiger partial charge in [0.15, 0.2) is 8.03 Å². The predicted molar refractivity (Wildman–Crippen MR) is 42.6 cm³/mol. The molecule has 1 N–H and O–H groups in total. The highest BCUT2D eigenvalue weighted by Gasteiger charge is 2.36. The van der Waals surface area contributed by atoms with Crippen molar-refractivity contribution in [1.29, 1.82) is 0 Å². The van der Waals surface area contributed by atoms with Gasteiger partial charge in [-0.2, -0.15) is 0 Å². The lowest BCUT2D eigenvalue weighted by molar-refractivity contribution is 0.496. The molecule has 1 aliphatic rings. The minimum absolute atomic E-state index is 0.363. The lowest BCUT2D eigenvalue weighted by Gasteiger charge is -2.11. The average molecular weight is 182 g/mol. The van der Waals surface area contributed by atoms with E-state index in [1.165, 1.54) is 0 Å². The molecule has 60 valence electrons. The third-order valence-corrected chi connectivity index (χ3v) is 7.97. The van der Waals surface area contributed by atoms with E-state index in [1.807, 2.05) is 0 Å². The Morgan fingerprint density at radius 2 is 2.30 bits per heavy atom. The van der Waals surface area contributed by atoms with Gasteiger partial charge in [-0.05, 0) is 19.5 Å². The fourth-order valence-corrected chi connectivity index (χ4v) is 5.94. The monoisotopic (exact) mass is 182 g/mol. The van der Waals surface area contributed by atoms with Crippen molar-refractivity contribution in [3.63, 3.8) is 0 Å². The van der Waals surface area contributed by atoms with E-state index in [4.69, 9.17) is 4.89 Å². The molecule has 1 fully saturated rings. The van der Waals surface area contributed by atoms with E-state index in [9.17, 15) is 9.13 Å². The summed E-state index contributed by atoms with van der Waals surface area (Å²) in [5.41, 5.74) is 0. The first-order valence-electron chi connectivity index (χ1n) is 3.33. The Morgan fingerprint density at radius 1 is 1.70 bits per heavy atom. The number of hydrogen-bond donors (Lipinski definition) is 1. The Morgan fingerprint density at radius 3 is 2.50 bits per heavy atom. The summed E-state index contributed by atoms with van der Waals surface area (Å²) in [6, 6.07) is 0. The van der Waals surface area contributed by atoms with Gasteiger partial charge in [-0.1, -0.05) is 0 Å². The number of rotatable bonds is 1. The summed E-state index contributed by atoms with van der Waals surface area (Å²) in [5.74, 6) is 0. The Balaban J connectivity index is 2.79. The van der Waals surface area contributed by atoms with Crippen molar-refractivity contribution in [1.82, 2.24) is 0 Å². The lowest BCUT2D eigenvalue weighted by atomic mass is 10.4. The van der Waals surface area contributed by atoms with Gasteiger partial charge in [0.2, 0.25) is 0 Å². The van der Waals surface area contributed by atoms with Crippen molar-refractivity contribution in [3.8, 4) is 0 Å². The van der Waals surface area contributed by atoms with Crippen LogP contribution in [0.1, 0.15) is 12.8 Å². The molecule has 0 bridgehead atoms. The van der Waals surface area contributed by atoms with Crippen molar-refractivity contribution in [2.45, 2.75) is 18.2 Å². The summed E-state index contributed by atoms with van der Waals surface area (Å²) in [4.78, 5) is 8.76. The van der Waals surface area contributed by atoms with Gasteiger partial charge in [0.1, 0.15) is 0 Å². The second kappa shape index (κ2) is 2.81. The van der Waals surface area contributed by atoms with Gasteiger partial charge >= 0.3 is 0 Å². The molecule has 0 radical (unpaired) electrons. The van der Waals surface area contributed by atoms with E-state index in [1.54, 1.807) is 6.66 Å². The van der Waals surface area contributed by atoms with Gasteiger partial charge in [0.25, 0.3) is 0 Å². The van der Waals surface area contributed by atoms with E-state index in [0.717, 1.165) is 6.42 Å². The molecule has 3 nitrogen and oxygen atoms in total. The van der Waals surface area contributed by atoms with Crippen LogP contribution in [-0.4, -0.2) is 23.1 Å². The lowest BCUT2D eigenvalue weighted by Crippen LogP contribution is -1.94. The fourth-order valence-electron chi connectivity index (χ4n) is 1.38. The van der Waals surface area contributed by atoms with Crippen molar-refractivity contribution in [2.24, 2.45) is 0 Å². The molecule has 0 spiro atoms. The summed E-state index contributed by atoms with van der Waals surface area (Å²) >= 11 is 0. The first-order chi connectivity index (χ1) is 4.54. The standard InChI is InChI=1S/C5H12O3P2/c1-10(8)4-2-3-5(10)9(6)7/h5,9H,2-4H2,1H3,(H,6,7). The predicted octanol–water partition coefficient (Wildman–Crippen LogP) is 1.57. The van der Waals surface area contributed by atoms with Gasteiger partial charge in [-0.25, -0.2) is 0 Å². The highest BCUT2D eigenvalue weighted by Crippen LogP contribution is 2.62. The van der Waals surface area contributed by atoms with Crippen LogP contribution in [0.3, 0.4) is 0 Å². The molecule has 1 aliphatic heterocycles. The van der Waals surface area contributed by atoms with Gasteiger partial charge in [-0.15, -0.1) is 0 Å². The molecule has 0 amide bonds. The van der Waals surface area contributed by atoms with Gasteiger partial charge < -0.3 is 9.46 Å². The smallest absolute Gasteiger partial charge is 0.199 e. The van der Waals surface area contributed by atoms with Crippen molar-refractivity contribution >= 4 is 15.2 Å². The molecule has 5 heteroatoms. The highest BCUT2D eigenvalue weighted by atomic mass is 31.2. The summed E-state index contributed by atoms with van der Waals surface area (Å²) in [5, 5.41) is -0.363. The highest BCUT2D eigenvalue weighted by molar-refractivity contribution is 7.73. The molecule has 3 atom stereocenters. The molecule has 1 rings (SSSR count). The summed E-state index contributed by atoms with van der Waals surface area (Å²) in [6.07, 6.45) is 2.20. The quantitative estimate of drug-likeness (QED) is 0.626. The van der Waals surface area contributed by atoms with Crippen molar-refractivity contribution < 1.29 is 14.0 Å². The van der Waals surface area contributed by atoms with Crippen molar-refractivity contribution in [2.75, 3.05) is 12.8 Å². The number of hydrogen-bond acceptors (Lipinski definition) is 2. The molecule has 0 aromatic heterocycles. The molecule has 0 aromatic carbocycles. The second-order valence-corrected chi connectivity index (χ2v) is 8.17. The topological polar surface area (TPSA) is 54.4 Å². The van der Waals surface area contributed by atoms with Crippen LogP contribution in [0.2, 0.25) is 0 Å². The van der Waals surface area contributed by atoms with Crippen molar-refractivity contribution in [3.05, 3.63) is 0 Å².